The van der Waals surface area contributed by atoms with Crippen LogP contribution in [-0.4, -0.2) is 19.2 Å². The molecule has 0 aromatic heterocycles. The molecule has 16 heavy (non-hydrogen) atoms. The summed E-state index contributed by atoms with van der Waals surface area (Å²) >= 11 is 0. The highest BCUT2D eigenvalue weighted by atomic mass is 16.7. The summed E-state index contributed by atoms with van der Waals surface area (Å²) < 4.78 is 10.3. The van der Waals surface area contributed by atoms with Crippen LogP contribution in [0.2, 0.25) is 0 Å². The van der Waals surface area contributed by atoms with Gasteiger partial charge in [-0.2, -0.15) is 0 Å². The lowest BCUT2D eigenvalue weighted by molar-refractivity contribution is 0.195. The van der Waals surface area contributed by atoms with Crippen molar-refractivity contribution in [1.82, 2.24) is 0 Å². The van der Waals surface area contributed by atoms with Crippen LogP contribution >= 0.6 is 0 Å². The monoisotopic (exact) mass is 220 g/mol. The zero-order valence-electron chi connectivity index (χ0n) is 9.62. The molecule has 2 rings (SSSR count). The van der Waals surface area contributed by atoms with Crippen LogP contribution in [0.25, 0.3) is 0 Å². The molecular weight excluding hydrogens is 204 g/mol. The fourth-order valence-corrected chi connectivity index (χ4v) is 1.82. The van der Waals surface area contributed by atoms with Gasteiger partial charge in [0.1, 0.15) is 12.4 Å². The van der Waals surface area contributed by atoms with Crippen molar-refractivity contribution in [2.24, 2.45) is 0 Å². The van der Waals surface area contributed by atoms with Gasteiger partial charge >= 0.3 is 6.08 Å². The van der Waals surface area contributed by atoms with E-state index in [1.54, 1.807) is 0 Å². The molecule has 0 amide bonds. The smallest absolute Gasteiger partial charge is 0.386 e. The number of benzene rings is 1. The SMILES string of the molecule is CCN(CC)c1ccc2c(c1)OC(=N)OC2. The standard InChI is InChI=1S/C12H16N2O2/c1-3-14(4-2)10-6-5-9-8-15-12(13)16-11(9)7-10/h5-7,13H,3-4,8H2,1-2H3. The van der Waals surface area contributed by atoms with Crippen molar-refractivity contribution >= 4 is 11.8 Å². The minimum Gasteiger partial charge on any atom is -0.446 e. The Morgan fingerprint density at radius 1 is 1.31 bits per heavy atom. The molecule has 1 aromatic rings. The van der Waals surface area contributed by atoms with Crippen LogP contribution in [0.15, 0.2) is 18.2 Å². The Hall–Kier alpha value is -1.71. The van der Waals surface area contributed by atoms with Crippen LogP contribution in [0.3, 0.4) is 0 Å². The molecule has 0 fully saturated rings. The third-order valence-corrected chi connectivity index (χ3v) is 2.74. The fourth-order valence-electron chi connectivity index (χ4n) is 1.82. The molecule has 0 unspecified atom stereocenters. The van der Waals surface area contributed by atoms with Crippen LogP contribution in [0, 0.1) is 5.41 Å². The Labute approximate surface area is 95.3 Å². The second-order valence-corrected chi connectivity index (χ2v) is 3.64. The van der Waals surface area contributed by atoms with Crippen molar-refractivity contribution in [3.63, 3.8) is 0 Å². The maximum Gasteiger partial charge on any atom is 0.386 e. The maximum absolute atomic E-state index is 7.33. The fraction of sp³-hybridized carbons (Fsp3) is 0.417. The zero-order valence-corrected chi connectivity index (χ0v) is 9.62. The van der Waals surface area contributed by atoms with E-state index in [-0.39, 0.29) is 6.08 Å². The van der Waals surface area contributed by atoms with Gasteiger partial charge in [0.15, 0.2) is 0 Å². The van der Waals surface area contributed by atoms with E-state index in [2.05, 4.69) is 24.8 Å². The zero-order chi connectivity index (χ0) is 11.5. The molecule has 4 heteroatoms. The molecule has 0 saturated heterocycles. The van der Waals surface area contributed by atoms with Crippen molar-refractivity contribution in [2.75, 3.05) is 18.0 Å². The summed E-state index contributed by atoms with van der Waals surface area (Å²) in [6.45, 7) is 6.59. The molecule has 1 heterocycles. The number of anilines is 1. The first-order valence-corrected chi connectivity index (χ1v) is 5.51. The Morgan fingerprint density at radius 2 is 2.06 bits per heavy atom. The van der Waals surface area contributed by atoms with Crippen LogP contribution in [0.1, 0.15) is 19.4 Å². The van der Waals surface area contributed by atoms with Crippen LogP contribution < -0.4 is 9.64 Å². The summed E-state index contributed by atoms with van der Waals surface area (Å²) in [7, 11) is 0. The predicted octanol–water partition coefficient (Wildman–Crippen LogP) is 2.38. The van der Waals surface area contributed by atoms with E-state index in [1.165, 1.54) is 0 Å². The summed E-state index contributed by atoms with van der Waals surface area (Å²) in [4.78, 5) is 2.24. The molecule has 4 nitrogen and oxygen atoms in total. The lowest BCUT2D eigenvalue weighted by Crippen LogP contribution is -2.23. The Bertz CT molecular complexity index is 400. The normalized spacial score (nSPS) is 13.8. The molecule has 1 N–H and O–H groups in total. The van der Waals surface area contributed by atoms with E-state index in [1.807, 2.05) is 12.1 Å². The molecule has 0 atom stereocenters. The summed E-state index contributed by atoms with van der Waals surface area (Å²) in [5, 5.41) is 7.33. The first kappa shape index (κ1) is 10.8. The van der Waals surface area contributed by atoms with Gasteiger partial charge in [-0.3, -0.25) is 0 Å². The van der Waals surface area contributed by atoms with Gasteiger partial charge < -0.3 is 14.4 Å². The first-order valence-electron chi connectivity index (χ1n) is 5.51. The van der Waals surface area contributed by atoms with E-state index >= 15 is 0 Å². The topological polar surface area (TPSA) is 45.5 Å². The summed E-state index contributed by atoms with van der Waals surface area (Å²) in [6, 6.07) is 6.03. The summed E-state index contributed by atoms with van der Waals surface area (Å²) in [5.74, 6) is 0.737. The minimum atomic E-state index is -0.121. The minimum absolute atomic E-state index is 0.121. The summed E-state index contributed by atoms with van der Waals surface area (Å²) in [6.07, 6.45) is -0.121. The highest BCUT2D eigenvalue weighted by Crippen LogP contribution is 2.29. The van der Waals surface area contributed by atoms with Crippen molar-refractivity contribution in [1.29, 1.82) is 5.41 Å². The summed E-state index contributed by atoms with van der Waals surface area (Å²) in [5.41, 5.74) is 2.12. The van der Waals surface area contributed by atoms with Gasteiger partial charge in [-0.1, -0.05) is 0 Å². The maximum atomic E-state index is 7.33. The number of ether oxygens (including phenoxy) is 2. The van der Waals surface area contributed by atoms with Gasteiger partial charge in [0.2, 0.25) is 0 Å². The number of rotatable bonds is 3. The van der Waals surface area contributed by atoms with Gasteiger partial charge in [-0.15, -0.1) is 0 Å². The molecule has 1 aliphatic heterocycles. The molecule has 0 radical (unpaired) electrons. The average Bonchev–Trinajstić information content (AvgIpc) is 2.30. The average molecular weight is 220 g/mol. The predicted molar refractivity (Wildman–Crippen MR) is 63.1 cm³/mol. The Kier molecular flexibility index (Phi) is 2.99. The van der Waals surface area contributed by atoms with E-state index in [4.69, 9.17) is 14.9 Å². The van der Waals surface area contributed by atoms with Crippen molar-refractivity contribution in [2.45, 2.75) is 20.5 Å². The lowest BCUT2D eigenvalue weighted by atomic mass is 10.1. The molecule has 86 valence electrons. The van der Waals surface area contributed by atoms with Crippen LogP contribution in [-0.2, 0) is 11.3 Å². The quantitative estimate of drug-likeness (QED) is 0.850. The van der Waals surface area contributed by atoms with E-state index in [9.17, 15) is 0 Å². The Morgan fingerprint density at radius 3 is 2.75 bits per heavy atom. The van der Waals surface area contributed by atoms with Gasteiger partial charge in [0, 0.05) is 30.4 Å². The molecule has 1 aromatic carbocycles. The second kappa shape index (κ2) is 4.43. The van der Waals surface area contributed by atoms with E-state index < -0.39 is 0 Å². The molecule has 0 bridgehead atoms. The largest absolute Gasteiger partial charge is 0.446 e. The number of hydrogen-bond acceptors (Lipinski definition) is 4. The van der Waals surface area contributed by atoms with Crippen LogP contribution in [0.5, 0.6) is 5.75 Å². The number of nitrogens with one attached hydrogen (secondary N) is 1. The van der Waals surface area contributed by atoms with Crippen LogP contribution in [0.4, 0.5) is 5.69 Å². The van der Waals surface area contributed by atoms with Crippen molar-refractivity contribution in [3.05, 3.63) is 23.8 Å². The highest BCUT2D eigenvalue weighted by molar-refractivity contribution is 5.70. The van der Waals surface area contributed by atoms with Crippen molar-refractivity contribution in [3.8, 4) is 5.75 Å². The first-order chi connectivity index (χ1) is 7.74. The molecule has 0 aliphatic carbocycles. The van der Waals surface area contributed by atoms with Gasteiger partial charge in [0.05, 0.1) is 0 Å². The lowest BCUT2D eigenvalue weighted by Gasteiger charge is -2.24. The third kappa shape index (κ3) is 1.96. The van der Waals surface area contributed by atoms with Gasteiger partial charge in [-0.25, -0.2) is 5.41 Å². The number of fused-ring (bicyclic) bond motifs is 1. The van der Waals surface area contributed by atoms with Gasteiger partial charge in [0.25, 0.3) is 0 Å². The van der Waals surface area contributed by atoms with Gasteiger partial charge in [-0.05, 0) is 26.0 Å². The van der Waals surface area contributed by atoms with Crippen molar-refractivity contribution < 1.29 is 9.47 Å². The molecule has 1 aliphatic rings. The second-order valence-electron chi connectivity index (χ2n) is 3.64. The highest BCUT2D eigenvalue weighted by Gasteiger charge is 2.16. The van der Waals surface area contributed by atoms with E-state index in [0.717, 1.165) is 30.1 Å². The number of nitrogens with zero attached hydrogens (tertiary/aromatic N) is 1. The molecular formula is C12H16N2O2. The molecule has 0 saturated carbocycles. The van der Waals surface area contributed by atoms with E-state index in [0.29, 0.717) is 6.61 Å². The molecule has 0 spiro atoms. The number of hydrogen-bond donors (Lipinski definition) is 1. The Balaban J connectivity index is 2.30. The third-order valence-electron chi connectivity index (χ3n) is 2.74.